The van der Waals surface area contributed by atoms with Gasteiger partial charge in [-0.3, -0.25) is 5.43 Å². The number of ether oxygens (including phenoxy) is 1. The minimum atomic E-state index is 0.450. The summed E-state index contributed by atoms with van der Waals surface area (Å²) in [5, 5.41) is 7.63. The zero-order valence-corrected chi connectivity index (χ0v) is 13.5. The van der Waals surface area contributed by atoms with Gasteiger partial charge in [0.2, 0.25) is 0 Å². The maximum Gasteiger partial charge on any atom is 0.191 e. The molecule has 2 aromatic rings. The lowest BCUT2D eigenvalue weighted by Crippen LogP contribution is -2.23. The Morgan fingerprint density at radius 2 is 1.82 bits per heavy atom. The standard InChI is InChI=1S/C17H19N3OS/c1-3-21-16-10-6-14(7-11-16)12-18-20-17(22)19-15-8-4-13(2)5-9-15/h4-12H,3H2,1-2H3,(H2,19,20,22)/b18-12+. The van der Waals surface area contributed by atoms with E-state index in [0.717, 1.165) is 17.0 Å². The van der Waals surface area contributed by atoms with Crippen molar-refractivity contribution < 1.29 is 4.74 Å². The molecule has 0 amide bonds. The average Bonchev–Trinajstić information content (AvgIpc) is 2.52. The molecule has 0 bridgehead atoms. The number of benzene rings is 2. The van der Waals surface area contributed by atoms with Gasteiger partial charge in [-0.15, -0.1) is 0 Å². The molecular weight excluding hydrogens is 294 g/mol. The van der Waals surface area contributed by atoms with E-state index < -0.39 is 0 Å². The smallest absolute Gasteiger partial charge is 0.191 e. The maximum atomic E-state index is 5.39. The van der Waals surface area contributed by atoms with Gasteiger partial charge in [-0.05, 0) is 68.0 Å². The maximum absolute atomic E-state index is 5.39. The van der Waals surface area contributed by atoms with E-state index in [1.807, 2.05) is 62.4 Å². The van der Waals surface area contributed by atoms with Crippen molar-refractivity contribution in [2.45, 2.75) is 13.8 Å². The van der Waals surface area contributed by atoms with E-state index >= 15 is 0 Å². The normalized spacial score (nSPS) is 10.5. The van der Waals surface area contributed by atoms with Crippen molar-refractivity contribution >= 4 is 29.2 Å². The molecule has 4 nitrogen and oxygen atoms in total. The summed E-state index contributed by atoms with van der Waals surface area (Å²) in [4.78, 5) is 0. The van der Waals surface area contributed by atoms with Gasteiger partial charge in [0.1, 0.15) is 5.75 Å². The Balaban J connectivity index is 1.83. The molecule has 0 radical (unpaired) electrons. The fourth-order valence-corrected chi connectivity index (χ4v) is 1.95. The van der Waals surface area contributed by atoms with Crippen LogP contribution in [0.2, 0.25) is 0 Å². The molecule has 22 heavy (non-hydrogen) atoms. The molecule has 0 aliphatic carbocycles. The van der Waals surface area contributed by atoms with E-state index in [1.54, 1.807) is 6.21 Å². The van der Waals surface area contributed by atoms with Gasteiger partial charge in [-0.25, -0.2) is 0 Å². The summed E-state index contributed by atoms with van der Waals surface area (Å²) in [6.45, 7) is 4.66. The molecular formula is C17H19N3OS. The third-order valence-electron chi connectivity index (χ3n) is 2.88. The summed E-state index contributed by atoms with van der Waals surface area (Å²) < 4.78 is 5.39. The number of nitrogens with one attached hydrogen (secondary N) is 2. The van der Waals surface area contributed by atoms with E-state index in [2.05, 4.69) is 15.8 Å². The summed E-state index contributed by atoms with van der Waals surface area (Å²) in [5.41, 5.74) is 5.90. The molecule has 2 aromatic carbocycles. The molecule has 5 heteroatoms. The fourth-order valence-electron chi connectivity index (χ4n) is 1.78. The molecule has 0 fully saturated rings. The van der Waals surface area contributed by atoms with E-state index in [1.165, 1.54) is 5.56 Å². The van der Waals surface area contributed by atoms with Gasteiger partial charge in [-0.2, -0.15) is 5.10 Å². The zero-order chi connectivity index (χ0) is 15.8. The minimum absolute atomic E-state index is 0.450. The second kappa shape index (κ2) is 8.14. The Hall–Kier alpha value is -2.40. The predicted octanol–water partition coefficient (Wildman–Crippen LogP) is 3.71. The molecule has 0 saturated heterocycles. The number of nitrogens with zero attached hydrogens (tertiary/aromatic N) is 1. The molecule has 0 aliphatic rings. The molecule has 2 rings (SSSR count). The van der Waals surface area contributed by atoms with Gasteiger partial charge in [0.25, 0.3) is 0 Å². The Kier molecular flexibility index (Phi) is 5.91. The largest absolute Gasteiger partial charge is 0.494 e. The first-order valence-electron chi connectivity index (χ1n) is 7.07. The summed E-state index contributed by atoms with van der Waals surface area (Å²) in [7, 11) is 0. The second-order valence-corrected chi connectivity index (χ2v) is 5.10. The molecule has 2 N–H and O–H groups in total. The molecule has 0 unspecified atom stereocenters. The lowest BCUT2D eigenvalue weighted by atomic mass is 10.2. The number of hydrazone groups is 1. The third-order valence-corrected chi connectivity index (χ3v) is 3.07. The molecule has 0 heterocycles. The minimum Gasteiger partial charge on any atom is -0.494 e. The van der Waals surface area contributed by atoms with Crippen molar-refractivity contribution in [2.24, 2.45) is 5.10 Å². The van der Waals surface area contributed by atoms with Crippen molar-refractivity contribution in [1.82, 2.24) is 5.43 Å². The van der Waals surface area contributed by atoms with Crippen molar-refractivity contribution in [3.05, 3.63) is 59.7 Å². The van der Waals surface area contributed by atoms with Crippen LogP contribution in [-0.4, -0.2) is 17.9 Å². The van der Waals surface area contributed by atoms with Gasteiger partial charge >= 0.3 is 0 Å². The average molecular weight is 313 g/mol. The number of hydrogen-bond acceptors (Lipinski definition) is 3. The van der Waals surface area contributed by atoms with Crippen molar-refractivity contribution in [3.63, 3.8) is 0 Å². The van der Waals surface area contributed by atoms with E-state index in [4.69, 9.17) is 17.0 Å². The van der Waals surface area contributed by atoms with Crippen LogP contribution in [0.1, 0.15) is 18.1 Å². The highest BCUT2D eigenvalue weighted by Crippen LogP contribution is 2.11. The third kappa shape index (κ3) is 5.18. The van der Waals surface area contributed by atoms with Crippen LogP contribution in [0.3, 0.4) is 0 Å². The van der Waals surface area contributed by atoms with Gasteiger partial charge in [0.15, 0.2) is 5.11 Å². The number of thiocarbonyl (C=S) groups is 1. The number of aryl methyl sites for hydroxylation is 1. The number of anilines is 1. The van der Waals surface area contributed by atoms with Crippen LogP contribution in [0.15, 0.2) is 53.6 Å². The quantitative estimate of drug-likeness (QED) is 0.502. The number of rotatable bonds is 5. The molecule has 0 atom stereocenters. The Morgan fingerprint density at radius 3 is 2.45 bits per heavy atom. The van der Waals surface area contributed by atoms with Crippen molar-refractivity contribution in [2.75, 3.05) is 11.9 Å². The summed E-state index contributed by atoms with van der Waals surface area (Å²) in [5.74, 6) is 0.851. The van der Waals surface area contributed by atoms with Crippen LogP contribution >= 0.6 is 12.2 Å². The van der Waals surface area contributed by atoms with Crippen LogP contribution in [-0.2, 0) is 0 Å². The highest BCUT2D eigenvalue weighted by atomic mass is 32.1. The van der Waals surface area contributed by atoms with Gasteiger partial charge in [-0.1, -0.05) is 17.7 Å². The first-order chi connectivity index (χ1) is 10.7. The van der Waals surface area contributed by atoms with Crippen molar-refractivity contribution in [1.29, 1.82) is 0 Å². The first kappa shape index (κ1) is 16.0. The van der Waals surface area contributed by atoms with Crippen LogP contribution in [0.4, 0.5) is 5.69 Å². The van der Waals surface area contributed by atoms with Crippen LogP contribution in [0, 0.1) is 6.92 Å². The van der Waals surface area contributed by atoms with Crippen LogP contribution < -0.4 is 15.5 Å². The summed E-state index contributed by atoms with van der Waals surface area (Å²) in [6, 6.07) is 15.7. The van der Waals surface area contributed by atoms with E-state index in [-0.39, 0.29) is 0 Å². The lowest BCUT2D eigenvalue weighted by Gasteiger charge is -2.07. The van der Waals surface area contributed by atoms with Crippen molar-refractivity contribution in [3.8, 4) is 5.75 Å². The zero-order valence-electron chi connectivity index (χ0n) is 12.7. The Bertz CT molecular complexity index is 636. The summed E-state index contributed by atoms with van der Waals surface area (Å²) in [6.07, 6.45) is 1.71. The van der Waals surface area contributed by atoms with Gasteiger partial charge in [0.05, 0.1) is 12.8 Å². The highest BCUT2D eigenvalue weighted by Gasteiger charge is 1.96. The van der Waals surface area contributed by atoms with Gasteiger partial charge in [0, 0.05) is 5.69 Å². The van der Waals surface area contributed by atoms with E-state index in [0.29, 0.717) is 11.7 Å². The lowest BCUT2D eigenvalue weighted by molar-refractivity contribution is 0.340. The SMILES string of the molecule is CCOc1ccc(/C=N/NC(=S)Nc2ccc(C)cc2)cc1. The monoisotopic (exact) mass is 313 g/mol. The van der Waals surface area contributed by atoms with Crippen LogP contribution in [0.25, 0.3) is 0 Å². The van der Waals surface area contributed by atoms with Gasteiger partial charge < -0.3 is 10.1 Å². The summed E-state index contributed by atoms with van der Waals surface area (Å²) >= 11 is 5.18. The molecule has 0 spiro atoms. The Morgan fingerprint density at radius 1 is 1.14 bits per heavy atom. The fraction of sp³-hybridized carbons (Fsp3) is 0.176. The highest BCUT2D eigenvalue weighted by molar-refractivity contribution is 7.80. The number of hydrogen-bond donors (Lipinski definition) is 2. The molecule has 0 saturated carbocycles. The Labute approximate surface area is 136 Å². The molecule has 0 aliphatic heterocycles. The molecule has 0 aromatic heterocycles. The predicted molar refractivity (Wildman–Crippen MR) is 95.7 cm³/mol. The first-order valence-corrected chi connectivity index (χ1v) is 7.48. The van der Waals surface area contributed by atoms with Crippen LogP contribution in [0.5, 0.6) is 5.75 Å². The molecule has 114 valence electrons. The topological polar surface area (TPSA) is 45.6 Å². The van der Waals surface area contributed by atoms with E-state index in [9.17, 15) is 0 Å². The second-order valence-electron chi connectivity index (χ2n) is 4.69.